The number of nitrogens with one attached hydrogen (secondary N) is 1. The second-order valence-electron chi connectivity index (χ2n) is 4.78. The van der Waals surface area contributed by atoms with Crippen molar-refractivity contribution in [2.24, 2.45) is 11.7 Å². The zero-order valence-corrected chi connectivity index (χ0v) is 11.3. The Morgan fingerprint density at radius 1 is 1.39 bits per heavy atom. The molecule has 0 aliphatic rings. The Hall–Kier alpha value is -1.62. The molecule has 3 N–H and O–H groups in total. The van der Waals surface area contributed by atoms with Gasteiger partial charge in [0.25, 0.3) is 0 Å². The highest BCUT2D eigenvalue weighted by Crippen LogP contribution is 2.22. The molecule has 5 heteroatoms. The molecule has 18 heavy (non-hydrogen) atoms. The third-order valence-electron chi connectivity index (χ3n) is 2.40. The number of carbonyl (C=O) groups excluding carboxylic acids is 1. The minimum atomic E-state index is -0.544. The minimum Gasteiger partial charge on any atom is -0.473 e. The van der Waals surface area contributed by atoms with Gasteiger partial charge in [-0.05, 0) is 31.9 Å². The fraction of sp³-hybridized carbons (Fsp3) is 0.538. The van der Waals surface area contributed by atoms with Crippen molar-refractivity contribution in [2.75, 3.05) is 5.32 Å². The van der Waals surface area contributed by atoms with Gasteiger partial charge in [0.15, 0.2) is 0 Å². The second-order valence-corrected chi connectivity index (χ2v) is 4.78. The van der Waals surface area contributed by atoms with Gasteiger partial charge in [-0.3, -0.25) is 4.79 Å². The molecule has 5 nitrogen and oxygen atoms in total. The monoisotopic (exact) mass is 251 g/mol. The lowest BCUT2D eigenvalue weighted by atomic mass is 10.1. The van der Waals surface area contributed by atoms with Gasteiger partial charge in [0.1, 0.15) is 5.69 Å². The zero-order valence-electron chi connectivity index (χ0n) is 11.3. The zero-order chi connectivity index (χ0) is 13.7. The van der Waals surface area contributed by atoms with Crippen LogP contribution in [-0.4, -0.2) is 23.0 Å². The fourth-order valence-corrected chi connectivity index (χ4v) is 1.32. The largest absolute Gasteiger partial charge is 0.473 e. The Balaban J connectivity index is 2.81. The van der Waals surface area contributed by atoms with Crippen LogP contribution >= 0.6 is 0 Å². The predicted molar refractivity (Wildman–Crippen MR) is 71.4 cm³/mol. The average molecular weight is 251 g/mol. The van der Waals surface area contributed by atoms with Gasteiger partial charge in [0.05, 0.1) is 12.1 Å². The molecule has 0 bridgehead atoms. The summed E-state index contributed by atoms with van der Waals surface area (Å²) >= 11 is 0. The van der Waals surface area contributed by atoms with E-state index in [4.69, 9.17) is 10.5 Å². The SMILES string of the molecule is CC(C)Oc1ncccc1NC(=O)[C@H](N)C(C)C. The second kappa shape index (κ2) is 6.35. The summed E-state index contributed by atoms with van der Waals surface area (Å²) in [5.41, 5.74) is 6.33. The standard InChI is InChI=1S/C13H21N3O2/c1-8(2)11(14)12(17)16-10-6-5-7-15-13(10)18-9(3)4/h5-9,11H,14H2,1-4H3,(H,16,17)/t11-/m1/s1. The summed E-state index contributed by atoms with van der Waals surface area (Å²) in [4.78, 5) is 16.0. The van der Waals surface area contributed by atoms with Crippen molar-refractivity contribution in [3.05, 3.63) is 18.3 Å². The molecule has 0 spiro atoms. The van der Waals surface area contributed by atoms with Gasteiger partial charge in [-0.25, -0.2) is 4.98 Å². The van der Waals surface area contributed by atoms with Crippen molar-refractivity contribution in [3.8, 4) is 5.88 Å². The molecule has 0 unspecified atom stereocenters. The summed E-state index contributed by atoms with van der Waals surface area (Å²) in [5.74, 6) is 0.263. The Morgan fingerprint density at radius 3 is 2.61 bits per heavy atom. The van der Waals surface area contributed by atoms with Gasteiger partial charge in [0.2, 0.25) is 11.8 Å². The summed E-state index contributed by atoms with van der Waals surface area (Å²) in [6, 6.07) is 2.94. The quantitative estimate of drug-likeness (QED) is 0.836. The Morgan fingerprint density at radius 2 is 2.06 bits per heavy atom. The van der Waals surface area contributed by atoms with Crippen LogP contribution in [0.25, 0.3) is 0 Å². The summed E-state index contributed by atoms with van der Waals surface area (Å²) in [6.45, 7) is 7.61. The number of pyridine rings is 1. The van der Waals surface area contributed by atoms with Crippen molar-refractivity contribution in [1.82, 2.24) is 4.98 Å². The third-order valence-corrected chi connectivity index (χ3v) is 2.40. The minimum absolute atomic E-state index is 0.00526. The van der Waals surface area contributed by atoms with Crippen LogP contribution < -0.4 is 15.8 Å². The first-order valence-electron chi connectivity index (χ1n) is 6.10. The number of nitrogens with zero attached hydrogens (tertiary/aromatic N) is 1. The maximum Gasteiger partial charge on any atom is 0.241 e. The van der Waals surface area contributed by atoms with Crippen LogP contribution in [0.1, 0.15) is 27.7 Å². The first kappa shape index (κ1) is 14.4. The Bertz CT molecular complexity index is 405. The number of amides is 1. The molecule has 0 saturated carbocycles. The first-order chi connectivity index (χ1) is 8.41. The molecule has 1 atom stereocenters. The van der Waals surface area contributed by atoms with Crippen molar-refractivity contribution in [2.45, 2.75) is 39.8 Å². The van der Waals surface area contributed by atoms with Gasteiger partial charge >= 0.3 is 0 Å². The van der Waals surface area contributed by atoms with Crippen LogP contribution in [0, 0.1) is 5.92 Å². The van der Waals surface area contributed by atoms with Gasteiger partial charge < -0.3 is 15.8 Å². The van der Waals surface area contributed by atoms with Crippen molar-refractivity contribution < 1.29 is 9.53 Å². The van der Waals surface area contributed by atoms with Gasteiger partial charge in [-0.2, -0.15) is 0 Å². The predicted octanol–water partition coefficient (Wildman–Crippen LogP) is 1.79. The van der Waals surface area contributed by atoms with Crippen LogP contribution in [-0.2, 0) is 4.79 Å². The number of hydrogen-bond donors (Lipinski definition) is 2. The summed E-state index contributed by atoms with van der Waals surface area (Å²) < 4.78 is 5.52. The van der Waals surface area contributed by atoms with Gasteiger partial charge in [-0.15, -0.1) is 0 Å². The maximum atomic E-state index is 11.9. The molecule has 100 valence electrons. The highest BCUT2D eigenvalue weighted by molar-refractivity contribution is 5.95. The van der Waals surface area contributed by atoms with E-state index in [-0.39, 0.29) is 17.9 Å². The highest BCUT2D eigenvalue weighted by atomic mass is 16.5. The summed E-state index contributed by atoms with van der Waals surface area (Å²) in [7, 11) is 0. The lowest BCUT2D eigenvalue weighted by molar-refractivity contribution is -0.118. The number of nitrogens with two attached hydrogens (primary N) is 1. The van der Waals surface area contributed by atoms with E-state index in [2.05, 4.69) is 10.3 Å². The molecule has 1 aromatic heterocycles. The number of ether oxygens (including phenoxy) is 1. The van der Waals surface area contributed by atoms with Crippen molar-refractivity contribution in [1.29, 1.82) is 0 Å². The molecule has 0 aliphatic heterocycles. The van der Waals surface area contributed by atoms with Crippen LogP contribution in [0.2, 0.25) is 0 Å². The third kappa shape index (κ3) is 4.00. The molecular formula is C13H21N3O2. The lowest BCUT2D eigenvalue weighted by Crippen LogP contribution is -2.39. The molecule has 0 saturated heterocycles. The number of hydrogen-bond acceptors (Lipinski definition) is 4. The lowest BCUT2D eigenvalue weighted by Gasteiger charge is -2.17. The normalized spacial score (nSPS) is 12.6. The molecule has 1 aromatic rings. The Labute approximate surface area is 108 Å². The van der Waals surface area contributed by atoms with E-state index in [9.17, 15) is 4.79 Å². The van der Waals surface area contributed by atoms with E-state index >= 15 is 0 Å². The van der Waals surface area contributed by atoms with Crippen molar-refractivity contribution >= 4 is 11.6 Å². The maximum absolute atomic E-state index is 11.9. The highest BCUT2D eigenvalue weighted by Gasteiger charge is 2.19. The van der Waals surface area contributed by atoms with Gasteiger partial charge in [-0.1, -0.05) is 13.8 Å². The van der Waals surface area contributed by atoms with E-state index in [1.807, 2.05) is 27.7 Å². The van der Waals surface area contributed by atoms with Crippen LogP contribution in [0.5, 0.6) is 5.88 Å². The van der Waals surface area contributed by atoms with E-state index in [1.54, 1.807) is 18.3 Å². The smallest absolute Gasteiger partial charge is 0.241 e. The topological polar surface area (TPSA) is 77.2 Å². The molecule has 0 fully saturated rings. The van der Waals surface area contributed by atoms with E-state index in [0.717, 1.165) is 0 Å². The van der Waals surface area contributed by atoms with Crippen LogP contribution in [0.15, 0.2) is 18.3 Å². The van der Waals surface area contributed by atoms with E-state index in [1.165, 1.54) is 0 Å². The van der Waals surface area contributed by atoms with Crippen LogP contribution in [0.3, 0.4) is 0 Å². The molecule has 1 rings (SSSR count). The number of carbonyl (C=O) groups is 1. The molecule has 1 amide bonds. The van der Waals surface area contributed by atoms with Crippen molar-refractivity contribution in [3.63, 3.8) is 0 Å². The molecule has 0 aromatic carbocycles. The Kier molecular flexibility index (Phi) is 5.09. The number of rotatable bonds is 5. The first-order valence-corrected chi connectivity index (χ1v) is 6.10. The summed E-state index contributed by atoms with van der Waals surface area (Å²) in [6.07, 6.45) is 1.62. The number of anilines is 1. The van der Waals surface area contributed by atoms with Crippen LogP contribution in [0.4, 0.5) is 5.69 Å². The molecule has 1 heterocycles. The van der Waals surface area contributed by atoms with E-state index in [0.29, 0.717) is 11.6 Å². The van der Waals surface area contributed by atoms with Gasteiger partial charge in [0, 0.05) is 6.20 Å². The van der Waals surface area contributed by atoms with E-state index < -0.39 is 6.04 Å². The molecule has 0 radical (unpaired) electrons. The average Bonchev–Trinajstić information content (AvgIpc) is 2.29. The summed E-state index contributed by atoms with van der Waals surface area (Å²) in [5, 5.41) is 2.75. The fourth-order valence-electron chi connectivity index (χ4n) is 1.32. The number of aromatic nitrogens is 1. The molecular weight excluding hydrogens is 230 g/mol. The molecule has 0 aliphatic carbocycles.